The Bertz CT molecular complexity index is 366. The zero-order valence-corrected chi connectivity index (χ0v) is 11.8. The molecule has 0 bridgehead atoms. The Morgan fingerprint density at radius 1 is 1.47 bits per heavy atom. The summed E-state index contributed by atoms with van der Waals surface area (Å²) in [6.07, 6.45) is 0.919. The smallest absolute Gasteiger partial charge is 0.250 e. The van der Waals surface area contributed by atoms with Crippen LogP contribution in [0.4, 0.5) is 5.69 Å². The highest BCUT2D eigenvalue weighted by atomic mass is 79.9. The lowest BCUT2D eigenvalue weighted by Crippen LogP contribution is -2.19. The molecule has 1 rings (SSSR count). The quantitative estimate of drug-likeness (QED) is 0.645. The molecule has 0 fully saturated rings. The maximum Gasteiger partial charge on any atom is 0.250 e. The van der Waals surface area contributed by atoms with Crippen LogP contribution in [0.3, 0.4) is 0 Å². The minimum absolute atomic E-state index is 0.110. The monoisotopic (exact) mass is 299 g/mol. The van der Waals surface area contributed by atoms with E-state index in [4.69, 9.17) is 4.74 Å². The third-order valence-corrected chi connectivity index (χ3v) is 2.74. The van der Waals surface area contributed by atoms with Gasteiger partial charge < -0.3 is 10.1 Å². The maximum absolute atomic E-state index is 11.6. The highest BCUT2D eigenvalue weighted by Gasteiger charge is 2.09. The first-order valence-corrected chi connectivity index (χ1v) is 6.67. The van der Waals surface area contributed by atoms with E-state index in [1.807, 2.05) is 38.1 Å². The molecule has 1 aromatic carbocycles. The number of amides is 1. The Balaban J connectivity index is 2.58. The number of carbonyl (C=O) groups is 1. The van der Waals surface area contributed by atoms with E-state index in [2.05, 4.69) is 21.2 Å². The molecule has 1 unspecified atom stereocenters. The molecular weight excluding hydrogens is 282 g/mol. The summed E-state index contributed by atoms with van der Waals surface area (Å²) in [5.74, 6) is -0.112. The Kier molecular flexibility index (Phi) is 6.22. The van der Waals surface area contributed by atoms with Crippen LogP contribution >= 0.6 is 15.9 Å². The van der Waals surface area contributed by atoms with Crippen molar-refractivity contribution in [3.8, 4) is 0 Å². The van der Waals surface area contributed by atoms with Crippen LogP contribution in [0, 0.1) is 0 Å². The topological polar surface area (TPSA) is 38.3 Å². The van der Waals surface area contributed by atoms with Crippen LogP contribution in [0.25, 0.3) is 0 Å². The van der Waals surface area contributed by atoms with Crippen LogP contribution in [0.15, 0.2) is 24.3 Å². The molecule has 0 aliphatic heterocycles. The van der Waals surface area contributed by atoms with Gasteiger partial charge in [0.25, 0.3) is 0 Å². The van der Waals surface area contributed by atoms with E-state index in [9.17, 15) is 4.79 Å². The molecule has 0 radical (unpaired) electrons. The third kappa shape index (κ3) is 4.88. The fourth-order valence-electron chi connectivity index (χ4n) is 1.45. The van der Waals surface area contributed by atoms with Gasteiger partial charge in [-0.3, -0.25) is 4.79 Å². The predicted octanol–water partition coefficient (Wildman–Crippen LogP) is 3.51. The maximum atomic E-state index is 11.6. The summed E-state index contributed by atoms with van der Waals surface area (Å²) >= 11 is 3.50. The van der Waals surface area contributed by atoms with Gasteiger partial charge in [-0.25, -0.2) is 0 Å². The van der Waals surface area contributed by atoms with Crippen LogP contribution in [-0.2, 0) is 9.53 Å². The highest BCUT2D eigenvalue weighted by Crippen LogP contribution is 2.28. The summed E-state index contributed by atoms with van der Waals surface area (Å²) in [6, 6.07) is 7.74. The van der Waals surface area contributed by atoms with Crippen LogP contribution in [-0.4, -0.2) is 19.1 Å². The molecule has 0 heterocycles. The van der Waals surface area contributed by atoms with Gasteiger partial charge in [-0.1, -0.05) is 41.1 Å². The standard InChI is InChI=1S/C13H18BrNO2/c1-3-8-17-9-13(16)15-12-7-5-4-6-11(12)10(2)14/h4-7,10H,3,8-9H2,1-2H3,(H,15,16). The molecule has 0 aliphatic rings. The second-order valence-corrected chi connectivity index (χ2v) is 5.18. The molecular formula is C13H18BrNO2. The van der Waals surface area contributed by atoms with Crippen molar-refractivity contribution < 1.29 is 9.53 Å². The molecule has 94 valence electrons. The van der Waals surface area contributed by atoms with Crippen molar-refractivity contribution in [2.24, 2.45) is 0 Å². The molecule has 1 amide bonds. The average Bonchev–Trinajstić information content (AvgIpc) is 2.29. The Labute approximate surface area is 111 Å². The van der Waals surface area contributed by atoms with E-state index >= 15 is 0 Å². The van der Waals surface area contributed by atoms with Crippen molar-refractivity contribution in [1.29, 1.82) is 0 Å². The number of nitrogens with one attached hydrogen (secondary N) is 1. The summed E-state index contributed by atoms with van der Waals surface area (Å²) in [5, 5.41) is 2.86. The van der Waals surface area contributed by atoms with Crippen LogP contribution in [0.5, 0.6) is 0 Å². The van der Waals surface area contributed by atoms with E-state index in [1.54, 1.807) is 0 Å². The normalized spacial score (nSPS) is 12.2. The molecule has 1 N–H and O–H groups in total. The predicted molar refractivity (Wildman–Crippen MR) is 73.5 cm³/mol. The lowest BCUT2D eigenvalue weighted by molar-refractivity contribution is -0.120. The van der Waals surface area contributed by atoms with E-state index in [-0.39, 0.29) is 17.3 Å². The molecule has 0 spiro atoms. The molecule has 0 saturated carbocycles. The van der Waals surface area contributed by atoms with Gasteiger partial charge in [0.05, 0.1) is 0 Å². The number of hydrogen-bond acceptors (Lipinski definition) is 2. The van der Waals surface area contributed by atoms with E-state index < -0.39 is 0 Å². The van der Waals surface area contributed by atoms with Gasteiger partial charge in [-0.2, -0.15) is 0 Å². The van der Waals surface area contributed by atoms with E-state index in [0.29, 0.717) is 6.61 Å². The Morgan fingerprint density at radius 3 is 2.82 bits per heavy atom. The lowest BCUT2D eigenvalue weighted by Gasteiger charge is -2.12. The van der Waals surface area contributed by atoms with Crippen molar-refractivity contribution in [2.75, 3.05) is 18.5 Å². The van der Waals surface area contributed by atoms with Crippen LogP contribution in [0.2, 0.25) is 0 Å². The average molecular weight is 300 g/mol. The van der Waals surface area contributed by atoms with E-state index in [1.165, 1.54) is 0 Å². The largest absolute Gasteiger partial charge is 0.372 e. The molecule has 4 heteroatoms. The molecule has 0 aliphatic carbocycles. The Morgan fingerprint density at radius 2 is 2.18 bits per heavy atom. The number of ether oxygens (including phenoxy) is 1. The fourth-order valence-corrected chi connectivity index (χ4v) is 1.85. The first-order valence-electron chi connectivity index (χ1n) is 5.75. The third-order valence-electron chi connectivity index (χ3n) is 2.25. The first-order chi connectivity index (χ1) is 8.15. The number of rotatable bonds is 6. The molecule has 0 aromatic heterocycles. The summed E-state index contributed by atoms with van der Waals surface area (Å²) < 4.78 is 5.19. The van der Waals surface area contributed by atoms with E-state index in [0.717, 1.165) is 17.7 Å². The van der Waals surface area contributed by atoms with Crippen molar-refractivity contribution in [1.82, 2.24) is 0 Å². The van der Waals surface area contributed by atoms with Gasteiger partial charge in [0, 0.05) is 17.1 Å². The summed E-state index contributed by atoms with van der Waals surface area (Å²) in [4.78, 5) is 11.8. The SMILES string of the molecule is CCCOCC(=O)Nc1ccccc1C(C)Br. The van der Waals surface area contributed by atoms with Crippen molar-refractivity contribution in [3.63, 3.8) is 0 Å². The lowest BCUT2D eigenvalue weighted by atomic mass is 10.1. The van der Waals surface area contributed by atoms with Gasteiger partial charge in [0.15, 0.2) is 0 Å². The second kappa shape index (κ2) is 7.45. The number of para-hydroxylation sites is 1. The summed E-state index contributed by atoms with van der Waals surface area (Å²) in [7, 11) is 0. The van der Waals surface area contributed by atoms with Gasteiger partial charge in [0.1, 0.15) is 6.61 Å². The number of alkyl halides is 1. The van der Waals surface area contributed by atoms with Crippen molar-refractivity contribution in [3.05, 3.63) is 29.8 Å². The summed E-state index contributed by atoms with van der Waals surface area (Å²) in [6.45, 7) is 4.76. The van der Waals surface area contributed by atoms with Crippen LogP contribution < -0.4 is 5.32 Å². The second-order valence-electron chi connectivity index (χ2n) is 3.80. The van der Waals surface area contributed by atoms with Crippen molar-refractivity contribution >= 4 is 27.5 Å². The molecule has 1 aromatic rings. The highest BCUT2D eigenvalue weighted by molar-refractivity contribution is 9.09. The Hall–Kier alpha value is -0.870. The van der Waals surface area contributed by atoms with Crippen LogP contribution in [0.1, 0.15) is 30.7 Å². The number of halogens is 1. The van der Waals surface area contributed by atoms with Gasteiger partial charge in [0.2, 0.25) is 5.91 Å². The van der Waals surface area contributed by atoms with Gasteiger partial charge in [-0.15, -0.1) is 0 Å². The number of hydrogen-bond donors (Lipinski definition) is 1. The molecule has 3 nitrogen and oxygen atoms in total. The minimum atomic E-state index is -0.112. The summed E-state index contributed by atoms with van der Waals surface area (Å²) in [5.41, 5.74) is 1.90. The molecule has 17 heavy (non-hydrogen) atoms. The number of carbonyl (C=O) groups excluding carboxylic acids is 1. The zero-order valence-electron chi connectivity index (χ0n) is 10.2. The van der Waals surface area contributed by atoms with Gasteiger partial charge >= 0.3 is 0 Å². The first kappa shape index (κ1) is 14.2. The van der Waals surface area contributed by atoms with Crippen molar-refractivity contribution in [2.45, 2.75) is 25.1 Å². The minimum Gasteiger partial charge on any atom is -0.372 e. The number of benzene rings is 1. The zero-order chi connectivity index (χ0) is 12.7. The van der Waals surface area contributed by atoms with Gasteiger partial charge in [-0.05, 0) is 25.0 Å². The molecule has 1 atom stereocenters. The molecule has 0 saturated heterocycles. The fraction of sp³-hybridized carbons (Fsp3) is 0.462. The number of anilines is 1.